The minimum absolute atomic E-state index is 0.500. The van der Waals surface area contributed by atoms with Crippen molar-refractivity contribution < 1.29 is 4.42 Å². The molecule has 5 heteroatoms. The van der Waals surface area contributed by atoms with Crippen LogP contribution in [-0.2, 0) is 6.54 Å². The van der Waals surface area contributed by atoms with E-state index >= 15 is 0 Å². The second-order valence-corrected chi connectivity index (χ2v) is 7.16. The van der Waals surface area contributed by atoms with Crippen LogP contribution in [0.15, 0.2) is 28.2 Å². The van der Waals surface area contributed by atoms with Gasteiger partial charge in [-0.3, -0.25) is 4.90 Å². The van der Waals surface area contributed by atoms with E-state index in [1.165, 1.54) is 17.8 Å². The summed E-state index contributed by atoms with van der Waals surface area (Å²) in [5, 5.41) is 7.11. The van der Waals surface area contributed by atoms with Crippen LogP contribution in [0.4, 0.5) is 0 Å². The molecule has 0 spiro atoms. The van der Waals surface area contributed by atoms with Crippen LogP contribution in [0.1, 0.15) is 42.1 Å². The largest absolute Gasteiger partial charge is 0.468 e. The van der Waals surface area contributed by atoms with Gasteiger partial charge in [-0.25, -0.2) is 4.98 Å². The van der Waals surface area contributed by atoms with Crippen molar-refractivity contribution in [2.75, 3.05) is 19.6 Å². The van der Waals surface area contributed by atoms with Gasteiger partial charge in [0.2, 0.25) is 0 Å². The van der Waals surface area contributed by atoms with E-state index in [1.807, 2.05) is 6.07 Å². The molecule has 3 heterocycles. The number of piperidine rings is 1. The van der Waals surface area contributed by atoms with Crippen LogP contribution in [0.5, 0.6) is 0 Å². The summed E-state index contributed by atoms with van der Waals surface area (Å²) in [4.78, 5) is 7.06. The number of hydrogen-bond acceptors (Lipinski definition) is 5. The Hall–Kier alpha value is -1.17. The van der Waals surface area contributed by atoms with Gasteiger partial charge in [0.15, 0.2) is 0 Å². The van der Waals surface area contributed by atoms with E-state index < -0.39 is 0 Å². The Morgan fingerprint density at radius 3 is 2.91 bits per heavy atom. The van der Waals surface area contributed by atoms with Crippen LogP contribution in [0, 0.1) is 6.92 Å². The van der Waals surface area contributed by atoms with Crippen molar-refractivity contribution >= 4 is 11.3 Å². The Balaban J connectivity index is 1.38. The summed E-state index contributed by atoms with van der Waals surface area (Å²) in [6.45, 7) is 8.57. The van der Waals surface area contributed by atoms with Crippen LogP contribution >= 0.6 is 11.3 Å². The van der Waals surface area contributed by atoms with Gasteiger partial charge in [0.25, 0.3) is 0 Å². The van der Waals surface area contributed by atoms with Crippen LogP contribution in [-0.4, -0.2) is 35.6 Å². The average Bonchev–Trinajstić information content (AvgIpc) is 3.18. The van der Waals surface area contributed by atoms with E-state index in [1.54, 1.807) is 17.6 Å². The fourth-order valence-corrected chi connectivity index (χ4v) is 3.80. The van der Waals surface area contributed by atoms with Gasteiger partial charge in [-0.15, -0.1) is 11.3 Å². The second kappa shape index (κ2) is 7.40. The summed E-state index contributed by atoms with van der Waals surface area (Å²) >= 11 is 1.78. The third kappa shape index (κ3) is 4.18. The number of rotatable bonds is 6. The average molecular weight is 319 g/mol. The molecule has 0 aliphatic carbocycles. The lowest BCUT2D eigenvalue weighted by atomic mass is 10.0. The van der Waals surface area contributed by atoms with E-state index in [4.69, 9.17) is 4.42 Å². The molecule has 1 atom stereocenters. The topological polar surface area (TPSA) is 41.3 Å². The molecule has 0 unspecified atom stereocenters. The van der Waals surface area contributed by atoms with Crippen molar-refractivity contribution in [3.05, 3.63) is 40.2 Å². The maximum Gasteiger partial charge on any atom is 0.117 e. The minimum atomic E-state index is 0.500. The van der Waals surface area contributed by atoms with Gasteiger partial charge in [-0.2, -0.15) is 0 Å². The van der Waals surface area contributed by atoms with Gasteiger partial charge in [0.1, 0.15) is 5.76 Å². The predicted molar refractivity (Wildman–Crippen MR) is 90.3 cm³/mol. The zero-order valence-electron chi connectivity index (χ0n) is 13.4. The molecule has 1 aliphatic heterocycles. The van der Waals surface area contributed by atoms with Gasteiger partial charge < -0.3 is 9.73 Å². The lowest BCUT2D eigenvalue weighted by Crippen LogP contribution is -2.43. The van der Waals surface area contributed by atoms with E-state index in [2.05, 4.69) is 40.5 Å². The van der Waals surface area contributed by atoms with Crippen molar-refractivity contribution in [2.45, 2.75) is 45.2 Å². The first-order chi connectivity index (χ1) is 10.7. The Bertz CT molecular complexity index is 558. The number of hydrogen-bond donors (Lipinski definition) is 1. The molecule has 0 aromatic carbocycles. The molecule has 0 bridgehead atoms. The number of furan rings is 1. The van der Waals surface area contributed by atoms with Gasteiger partial charge in [0, 0.05) is 42.7 Å². The summed E-state index contributed by atoms with van der Waals surface area (Å²) in [5.41, 5.74) is 1.14. The summed E-state index contributed by atoms with van der Waals surface area (Å²) in [7, 11) is 0. The smallest absolute Gasteiger partial charge is 0.117 e. The Labute approximate surface area is 136 Å². The van der Waals surface area contributed by atoms with E-state index in [0.717, 1.165) is 37.6 Å². The SMILES string of the molecule is Cc1csc([C@H](C)CNC2CCN(Cc3ccco3)CC2)n1. The third-order valence-corrected chi connectivity index (χ3v) is 5.51. The van der Waals surface area contributed by atoms with Gasteiger partial charge in [0.05, 0.1) is 17.8 Å². The Morgan fingerprint density at radius 2 is 2.27 bits per heavy atom. The molecule has 0 saturated carbocycles. The molecular weight excluding hydrogens is 294 g/mol. The highest BCUT2D eigenvalue weighted by Crippen LogP contribution is 2.20. The number of nitrogens with one attached hydrogen (secondary N) is 1. The molecule has 2 aromatic rings. The number of thiazole rings is 1. The molecule has 1 saturated heterocycles. The fourth-order valence-electron chi connectivity index (χ4n) is 2.95. The number of aryl methyl sites for hydroxylation is 1. The molecule has 22 heavy (non-hydrogen) atoms. The fraction of sp³-hybridized carbons (Fsp3) is 0.588. The third-order valence-electron chi connectivity index (χ3n) is 4.32. The number of aromatic nitrogens is 1. The molecule has 1 aliphatic rings. The Kier molecular flexibility index (Phi) is 5.28. The molecule has 1 fully saturated rings. The summed E-state index contributed by atoms with van der Waals surface area (Å²) < 4.78 is 5.43. The summed E-state index contributed by atoms with van der Waals surface area (Å²) in [6, 6.07) is 4.66. The van der Waals surface area contributed by atoms with Crippen molar-refractivity contribution in [1.29, 1.82) is 0 Å². The molecule has 2 aromatic heterocycles. The van der Waals surface area contributed by atoms with E-state index in [9.17, 15) is 0 Å². The second-order valence-electron chi connectivity index (χ2n) is 6.27. The predicted octanol–water partition coefficient (Wildman–Crippen LogP) is 3.40. The quantitative estimate of drug-likeness (QED) is 0.886. The maximum absolute atomic E-state index is 5.43. The molecule has 120 valence electrons. The van der Waals surface area contributed by atoms with Gasteiger partial charge >= 0.3 is 0 Å². The number of likely N-dealkylation sites (tertiary alicyclic amines) is 1. The van der Waals surface area contributed by atoms with Crippen LogP contribution in [0.2, 0.25) is 0 Å². The van der Waals surface area contributed by atoms with Crippen molar-refractivity contribution in [1.82, 2.24) is 15.2 Å². The zero-order valence-corrected chi connectivity index (χ0v) is 14.2. The zero-order chi connectivity index (χ0) is 15.4. The highest BCUT2D eigenvalue weighted by atomic mass is 32.1. The molecule has 3 rings (SSSR count). The van der Waals surface area contributed by atoms with Gasteiger partial charge in [-0.05, 0) is 31.9 Å². The molecule has 0 amide bonds. The first-order valence-electron chi connectivity index (χ1n) is 8.11. The van der Waals surface area contributed by atoms with Crippen molar-refractivity contribution in [3.63, 3.8) is 0 Å². The van der Waals surface area contributed by atoms with Crippen molar-refractivity contribution in [2.24, 2.45) is 0 Å². The van der Waals surface area contributed by atoms with Crippen LogP contribution < -0.4 is 5.32 Å². The van der Waals surface area contributed by atoms with E-state index in [-0.39, 0.29) is 0 Å². The Morgan fingerprint density at radius 1 is 1.45 bits per heavy atom. The van der Waals surface area contributed by atoms with E-state index in [0.29, 0.717) is 12.0 Å². The summed E-state index contributed by atoms with van der Waals surface area (Å²) in [5.74, 6) is 1.57. The highest BCUT2D eigenvalue weighted by molar-refractivity contribution is 7.09. The van der Waals surface area contributed by atoms with Crippen LogP contribution in [0.25, 0.3) is 0 Å². The lowest BCUT2D eigenvalue weighted by molar-refractivity contribution is 0.178. The van der Waals surface area contributed by atoms with Crippen molar-refractivity contribution in [3.8, 4) is 0 Å². The van der Waals surface area contributed by atoms with Crippen LogP contribution in [0.3, 0.4) is 0 Å². The molecule has 1 N–H and O–H groups in total. The lowest BCUT2D eigenvalue weighted by Gasteiger charge is -2.32. The maximum atomic E-state index is 5.43. The highest BCUT2D eigenvalue weighted by Gasteiger charge is 2.20. The summed E-state index contributed by atoms with van der Waals surface area (Å²) in [6.07, 6.45) is 4.18. The normalized spacial score (nSPS) is 18.6. The monoisotopic (exact) mass is 319 g/mol. The number of nitrogens with zero attached hydrogens (tertiary/aromatic N) is 2. The molecule has 4 nitrogen and oxygen atoms in total. The molecular formula is C17H25N3OS. The first kappa shape index (κ1) is 15.7. The minimum Gasteiger partial charge on any atom is -0.468 e. The molecule has 0 radical (unpaired) electrons. The van der Waals surface area contributed by atoms with Gasteiger partial charge in [-0.1, -0.05) is 6.92 Å². The standard InChI is InChI=1S/C17H25N3OS/c1-13(17-19-14(2)12-22-17)10-18-15-5-7-20(8-6-15)11-16-4-3-9-21-16/h3-4,9,12-13,15,18H,5-8,10-11H2,1-2H3/t13-/m1/s1. The first-order valence-corrected chi connectivity index (χ1v) is 8.99.